The highest BCUT2D eigenvalue weighted by molar-refractivity contribution is 6.42. The van der Waals surface area contributed by atoms with E-state index >= 15 is 8.63 Å². The highest BCUT2D eigenvalue weighted by atomic mass is 19.2. The van der Waals surface area contributed by atoms with E-state index < -0.39 is 7.40 Å². The Bertz CT molecular complexity index is 2470. The van der Waals surface area contributed by atoms with Crippen molar-refractivity contribution in [2.45, 2.75) is 78.6 Å². The average Bonchev–Trinajstić information content (AvgIpc) is 3.85. The van der Waals surface area contributed by atoms with Crippen LogP contribution in [-0.2, 0) is 16.2 Å². The molecule has 0 bridgehead atoms. The topological polar surface area (TPSA) is 46.8 Å². The van der Waals surface area contributed by atoms with Gasteiger partial charge in [0.15, 0.2) is 0 Å². The molecule has 0 radical (unpaired) electrons. The first-order valence-corrected chi connectivity index (χ1v) is 20.1. The maximum Gasteiger partial charge on any atom is 0.678 e. The number of hydrogen-bond donors (Lipinski definition) is 1. The fourth-order valence-corrected chi connectivity index (χ4v) is 7.14. The zero-order chi connectivity index (χ0) is 42.7. The minimum atomic E-state index is -2.88. The summed E-state index contributed by atoms with van der Waals surface area (Å²) in [6, 6.07) is 44.5. The molecular formula is C52H55BF2N2O2. The van der Waals surface area contributed by atoms with Gasteiger partial charge in [0.05, 0.1) is 18.5 Å². The Balaban J connectivity index is 0.000000512. The van der Waals surface area contributed by atoms with Crippen molar-refractivity contribution in [2.75, 3.05) is 7.11 Å². The predicted octanol–water partition coefficient (Wildman–Crippen LogP) is 13.6. The van der Waals surface area contributed by atoms with Crippen LogP contribution in [0.5, 0.6) is 11.5 Å². The molecule has 7 heteroatoms. The molecule has 4 nitrogen and oxygen atoms in total. The van der Waals surface area contributed by atoms with E-state index in [-0.39, 0.29) is 22.3 Å². The van der Waals surface area contributed by atoms with E-state index in [1.54, 1.807) is 67.8 Å². The number of benzene rings is 5. The number of para-hydroxylation sites is 1. The monoisotopic (exact) mass is 788 g/mol. The van der Waals surface area contributed by atoms with E-state index in [9.17, 15) is 5.11 Å². The normalized spacial score (nSPS) is 13.9. The molecular weight excluding hydrogens is 733 g/mol. The fourth-order valence-electron chi connectivity index (χ4n) is 7.14. The lowest BCUT2D eigenvalue weighted by atomic mass is 9.85. The number of nitrogens with zero attached hydrogens (tertiary/aromatic N) is 2. The number of rotatable bonds is 7. The molecule has 0 saturated heterocycles. The quantitative estimate of drug-likeness (QED) is 0.164. The Hall–Kier alpha value is -5.95. The second-order valence-electron chi connectivity index (χ2n) is 18.0. The number of phenols is 1. The minimum absolute atomic E-state index is 0.0167. The summed E-state index contributed by atoms with van der Waals surface area (Å²) in [5.41, 5.74) is 9.79. The van der Waals surface area contributed by atoms with Gasteiger partial charge in [-0.25, -0.2) is 4.99 Å². The maximum absolute atomic E-state index is 15.3. The van der Waals surface area contributed by atoms with Crippen LogP contribution in [0.2, 0.25) is 0 Å². The fraction of sp³-hybridized carbons (Fsp3) is 0.250. The molecule has 7 rings (SSSR count). The van der Waals surface area contributed by atoms with Gasteiger partial charge in [0.25, 0.3) is 0 Å². The van der Waals surface area contributed by atoms with Gasteiger partial charge in [-0.2, -0.15) is 0 Å². The SMILES string of the molecule is CC(C)(C)c1ccccc1.COc1ccc(-c2ccc(/C(=C3\N=C(c4ccc(C(C)(C)C)cc4)C=C3c3ccc(C(C)(C)C)cc3)c3ccccc3O)n2B(F)F)cc1. The van der Waals surface area contributed by atoms with Crippen molar-refractivity contribution in [2.24, 2.45) is 4.99 Å². The molecule has 302 valence electrons. The number of allylic oxidation sites excluding steroid dienone is 2. The molecule has 0 atom stereocenters. The smallest absolute Gasteiger partial charge is 0.507 e. The van der Waals surface area contributed by atoms with Crippen LogP contribution in [-0.4, -0.2) is 29.8 Å². The summed E-state index contributed by atoms with van der Waals surface area (Å²) in [5, 5.41) is 11.3. The van der Waals surface area contributed by atoms with Crippen LogP contribution < -0.4 is 4.74 Å². The molecule has 0 amide bonds. The molecule has 1 aliphatic heterocycles. The number of aromatic hydroxyl groups is 1. The predicted molar refractivity (Wildman–Crippen MR) is 244 cm³/mol. The minimum Gasteiger partial charge on any atom is -0.507 e. The molecule has 5 aromatic carbocycles. The van der Waals surface area contributed by atoms with Gasteiger partial charge >= 0.3 is 7.40 Å². The molecule has 2 heterocycles. The van der Waals surface area contributed by atoms with Crippen LogP contribution in [0.3, 0.4) is 0 Å². The van der Waals surface area contributed by atoms with Crippen LogP contribution in [0.4, 0.5) is 8.63 Å². The van der Waals surface area contributed by atoms with Crippen LogP contribution in [0, 0.1) is 0 Å². The number of aromatic nitrogens is 1. The summed E-state index contributed by atoms with van der Waals surface area (Å²) in [6.07, 6.45) is 2.02. The molecule has 0 spiro atoms. The van der Waals surface area contributed by atoms with E-state index in [2.05, 4.69) is 141 Å². The van der Waals surface area contributed by atoms with Crippen LogP contribution in [0.1, 0.15) is 101 Å². The number of ether oxygens (including phenoxy) is 1. The van der Waals surface area contributed by atoms with Gasteiger partial charge in [-0.05, 0) is 92.6 Å². The highest BCUT2D eigenvalue weighted by Gasteiger charge is 2.31. The molecule has 1 aromatic heterocycles. The van der Waals surface area contributed by atoms with E-state index in [4.69, 9.17) is 9.73 Å². The first-order chi connectivity index (χ1) is 27.9. The van der Waals surface area contributed by atoms with Gasteiger partial charge in [0.2, 0.25) is 0 Å². The lowest BCUT2D eigenvalue weighted by Crippen LogP contribution is -2.18. The maximum atomic E-state index is 15.3. The Labute approximate surface area is 349 Å². The van der Waals surface area contributed by atoms with E-state index in [0.717, 1.165) is 21.2 Å². The van der Waals surface area contributed by atoms with Gasteiger partial charge in [-0.3, -0.25) is 8.63 Å². The second kappa shape index (κ2) is 17.1. The third-order valence-corrected chi connectivity index (χ3v) is 10.7. The second-order valence-corrected chi connectivity index (χ2v) is 18.0. The molecule has 0 unspecified atom stereocenters. The van der Waals surface area contributed by atoms with Crippen molar-refractivity contribution in [3.63, 3.8) is 0 Å². The Morgan fingerprint density at radius 1 is 0.576 bits per heavy atom. The Morgan fingerprint density at radius 2 is 1.07 bits per heavy atom. The third kappa shape index (κ3) is 9.68. The van der Waals surface area contributed by atoms with Gasteiger partial charge in [-0.1, -0.05) is 159 Å². The van der Waals surface area contributed by atoms with Crippen molar-refractivity contribution in [1.29, 1.82) is 0 Å². The van der Waals surface area contributed by atoms with Crippen molar-refractivity contribution < 1.29 is 18.5 Å². The van der Waals surface area contributed by atoms with E-state index in [0.29, 0.717) is 45.0 Å². The zero-order valence-electron chi connectivity index (χ0n) is 35.9. The standard InChI is InChI=1S/C42H41BF2N2O2.C10H14/c1-41(2,3)30-18-12-27(13-19-30)34-26-35(28-14-20-31(21-15-28)42(4,5)6)46-40(34)39(33-10-8-9-11-38(33)48)37-25-24-36(47(37)43(44)45)29-16-22-32(49-7)23-17-29;1-10(2,3)9-7-5-4-6-8-9/h8-26,48H,1-7H3;4-8H,1-3H3/b40-39-;. The van der Waals surface area contributed by atoms with Gasteiger partial charge in [-0.15, -0.1) is 0 Å². The summed E-state index contributed by atoms with van der Waals surface area (Å²) in [5.74, 6) is 0.602. The molecule has 59 heavy (non-hydrogen) atoms. The lowest BCUT2D eigenvalue weighted by Gasteiger charge is -2.20. The van der Waals surface area contributed by atoms with Gasteiger partial charge < -0.3 is 14.3 Å². The molecule has 0 saturated carbocycles. The summed E-state index contributed by atoms with van der Waals surface area (Å²) < 4.78 is 36.9. The summed E-state index contributed by atoms with van der Waals surface area (Å²) >= 11 is 0. The van der Waals surface area contributed by atoms with Crippen molar-refractivity contribution in [3.05, 3.63) is 190 Å². The number of aliphatic imine (C=N–C) groups is 1. The number of hydrogen-bond acceptors (Lipinski definition) is 3. The lowest BCUT2D eigenvalue weighted by molar-refractivity contribution is 0.415. The molecule has 1 N–H and O–H groups in total. The third-order valence-electron chi connectivity index (χ3n) is 10.7. The Morgan fingerprint density at radius 3 is 1.56 bits per heavy atom. The summed E-state index contributed by atoms with van der Waals surface area (Å²) in [7, 11) is -1.31. The van der Waals surface area contributed by atoms with E-state index in [1.807, 2.05) is 6.08 Å². The number of methoxy groups -OCH3 is 1. The molecule has 6 aromatic rings. The van der Waals surface area contributed by atoms with Gasteiger partial charge in [0, 0.05) is 33.7 Å². The zero-order valence-corrected chi connectivity index (χ0v) is 35.9. The van der Waals surface area contributed by atoms with E-state index in [1.165, 1.54) is 16.7 Å². The molecule has 0 aliphatic carbocycles. The van der Waals surface area contributed by atoms with Crippen molar-refractivity contribution >= 4 is 24.3 Å². The van der Waals surface area contributed by atoms with Crippen LogP contribution in [0.15, 0.2) is 156 Å². The summed E-state index contributed by atoms with van der Waals surface area (Å²) in [4.78, 5) is 5.20. The van der Waals surface area contributed by atoms with Crippen LogP contribution in [0.25, 0.3) is 22.4 Å². The first kappa shape index (κ1) is 42.7. The van der Waals surface area contributed by atoms with Crippen LogP contribution >= 0.6 is 0 Å². The largest absolute Gasteiger partial charge is 0.678 e. The summed E-state index contributed by atoms with van der Waals surface area (Å²) in [6.45, 7) is 19.7. The van der Waals surface area contributed by atoms with Gasteiger partial charge in [0.1, 0.15) is 11.5 Å². The first-order valence-electron chi connectivity index (χ1n) is 20.1. The average molecular weight is 789 g/mol. The Kier molecular flexibility index (Phi) is 12.4. The number of halogens is 2. The molecule has 0 fully saturated rings. The number of phenolic OH excluding ortho intramolecular Hbond substituents is 1. The van der Waals surface area contributed by atoms with Crippen molar-refractivity contribution in [1.82, 2.24) is 4.48 Å². The molecule has 1 aliphatic rings. The van der Waals surface area contributed by atoms with Crippen molar-refractivity contribution in [3.8, 4) is 22.8 Å². The highest BCUT2D eigenvalue weighted by Crippen LogP contribution is 2.44.